The van der Waals surface area contributed by atoms with E-state index < -0.39 is 0 Å². The summed E-state index contributed by atoms with van der Waals surface area (Å²) in [5.41, 5.74) is 3.94. The molecule has 2 heterocycles. The number of hydrogen-bond donors (Lipinski definition) is 0. The standard InChI is InChI=1S/C17H19N5OS/c1-11-12(2)18-16-19-17(20-22(16)13(11)3)24-10-15(23)21(4)14-8-6-5-7-9-14/h5-9H,10H2,1-4H3. The fourth-order valence-electron chi connectivity index (χ4n) is 2.32. The van der Waals surface area contributed by atoms with Crippen molar-refractivity contribution in [3.63, 3.8) is 0 Å². The molecule has 0 radical (unpaired) electrons. The molecule has 0 fully saturated rings. The van der Waals surface area contributed by atoms with E-state index in [0.717, 1.165) is 22.6 Å². The van der Waals surface area contributed by atoms with E-state index in [-0.39, 0.29) is 11.7 Å². The highest BCUT2D eigenvalue weighted by molar-refractivity contribution is 7.99. The number of hydrogen-bond acceptors (Lipinski definition) is 5. The third kappa shape index (κ3) is 3.12. The number of aromatic nitrogens is 4. The lowest BCUT2D eigenvalue weighted by atomic mass is 10.2. The molecule has 7 heteroatoms. The Morgan fingerprint density at radius 3 is 2.58 bits per heavy atom. The number of carbonyl (C=O) groups excluding carboxylic acids is 1. The van der Waals surface area contributed by atoms with E-state index >= 15 is 0 Å². The summed E-state index contributed by atoms with van der Waals surface area (Å²) in [6.45, 7) is 5.97. The molecule has 0 spiro atoms. The molecule has 0 bridgehead atoms. The molecular formula is C17H19N5OS. The first kappa shape index (κ1) is 16.4. The zero-order valence-electron chi connectivity index (χ0n) is 14.1. The van der Waals surface area contributed by atoms with Crippen molar-refractivity contribution in [2.75, 3.05) is 17.7 Å². The van der Waals surface area contributed by atoms with Gasteiger partial charge >= 0.3 is 0 Å². The molecule has 6 nitrogen and oxygen atoms in total. The van der Waals surface area contributed by atoms with Crippen LogP contribution in [0.25, 0.3) is 5.78 Å². The number of amides is 1. The summed E-state index contributed by atoms with van der Waals surface area (Å²) < 4.78 is 1.73. The predicted molar refractivity (Wildman–Crippen MR) is 95.6 cm³/mol. The number of aryl methyl sites for hydroxylation is 2. The van der Waals surface area contributed by atoms with Crippen molar-refractivity contribution in [1.29, 1.82) is 0 Å². The van der Waals surface area contributed by atoms with Gasteiger partial charge in [0.05, 0.1) is 5.75 Å². The number of anilines is 1. The Morgan fingerprint density at radius 2 is 1.88 bits per heavy atom. The summed E-state index contributed by atoms with van der Waals surface area (Å²) in [6, 6.07) is 9.57. The number of benzene rings is 1. The van der Waals surface area contributed by atoms with Crippen LogP contribution >= 0.6 is 11.8 Å². The maximum Gasteiger partial charge on any atom is 0.253 e. The fraction of sp³-hybridized carbons (Fsp3) is 0.294. The highest BCUT2D eigenvalue weighted by atomic mass is 32.2. The second-order valence-electron chi connectivity index (χ2n) is 5.59. The first-order chi connectivity index (χ1) is 11.5. The SMILES string of the molecule is Cc1nc2nc(SCC(=O)N(C)c3ccccc3)nn2c(C)c1C. The molecule has 1 amide bonds. The van der Waals surface area contributed by atoms with Crippen LogP contribution in [0, 0.1) is 20.8 Å². The number of carbonyl (C=O) groups is 1. The summed E-state index contributed by atoms with van der Waals surface area (Å²) >= 11 is 1.32. The molecule has 3 rings (SSSR count). The summed E-state index contributed by atoms with van der Waals surface area (Å²) in [5, 5.41) is 5.01. The van der Waals surface area contributed by atoms with Crippen LogP contribution in [0.2, 0.25) is 0 Å². The van der Waals surface area contributed by atoms with Gasteiger partial charge in [0.15, 0.2) is 0 Å². The summed E-state index contributed by atoms with van der Waals surface area (Å²) in [5.74, 6) is 0.850. The summed E-state index contributed by atoms with van der Waals surface area (Å²) in [7, 11) is 1.77. The zero-order valence-corrected chi connectivity index (χ0v) is 15.0. The predicted octanol–water partition coefficient (Wildman–Crippen LogP) is 2.80. The first-order valence-corrected chi connectivity index (χ1v) is 8.61. The van der Waals surface area contributed by atoms with Crippen LogP contribution in [-0.2, 0) is 4.79 Å². The Labute approximate surface area is 144 Å². The largest absolute Gasteiger partial charge is 0.315 e. The second kappa shape index (κ2) is 6.60. The number of thioether (sulfide) groups is 1. The average Bonchev–Trinajstić information content (AvgIpc) is 3.00. The van der Waals surface area contributed by atoms with Gasteiger partial charge in [-0.2, -0.15) is 4.98 Å². The van der Waals surface area contributed by atoms with Crippen LogP contribution < -0.4 is 4.90 Å². The molecule has 0 aliphatic carbocycles. The molecule has 3 aromatic rings. The van der Waals surface area contributed by atoms with Gasteiger partial charge in [-0.3, -0.25) is 4.79 Å². The molecule has 124 valence electrons. The lowest BCUT2D eigenvalue weighted by Crippen LogP contribution is -2.27. The van der Waals surface area contributed by atoms with E-state index in [0.29, 0.717) is 10.9 Å². The van der Waals surface area contributed by atoms with Crippen molar-refractivity contribution < 1.29 is 4.79 Å². The van der Waals surface area contributed by atoms with Gasteiger partial charge in [-0.05, 0) is 38.5 Å². The molecule has 0 aliphatic rings. The van der Waals surface area contributed by atoms with Gasteiger partial charge in [-0.25, -0.2) is 9.50 Å². The Morgan fingerprint density at radius 1 is 1.17 bits per heavy atom. The highest BCUT2D eigenvalue weighted by Crippen LogP contribution is 2.19. The number of para-hydroxylation sites is 1. The van der Waals surface area contributed by atoms with Gasteiger partial charge in [-0.1, -0.05) is 30.0 Å². The molecule has 2 aromatic heterocycles. The van der Waals surface area contributed by atoms with Crippen molar-refractivity contribution in [3.05, 3.63) is 47.3 Å². The van der Waals surface area contributed by atoms with Crippen LogP contribution in [0.5, 0.6) is 0 Å². The van der Waals surface area contributed by atoms with Gasteiger partial charge in [0, 0.05) is 24.1 Å². The van der Waals surface area contributed by atoms with Gasteiger partial charge in [0.2, 0.25) is 11.1 Å². The van der Waals surface area contributed by atoms with Crippen molar-refractivity contribution in [1.82, 2.24) is 19.6 Å². The van der Waals surface area contributed by atoms with Gasteiger partial charge in [0.25, 0.3) is 5.78 Å². The van der Waals surface area contributed by atoms with Crippen LogP contribution in [0.4, 0.5) is 5.69 Å². The maximum absolute atomic E-state index is 12.3. The third-order valence-corrected chi connectivity index (χ3v) is 4.91. The van der Waals surface area contributed by atoms with E-state index in [1.807, 2.05) is 51.1 Å². The smallest absolute Gasteiger partial charge is 0.253 e. The molecule has 0 saturated carbocycles. The Kier molecular flexibility index (Phi) is 4.53. The summed E-state index contributed by atoms with van der Waals surface area (Å²) in [6.07, 6.45) is 0. The third-order valence-electron chi connectivity index (χ3n) is 4.08. The minimum Gasteiger partial charge on any atom is -0.315 e. The fourth-order valence-corrected chi connectivity index (χ4v) is 3.05. The molecule has 0 saturated heterocycles. The van der Waals surface area contributed by atoms with E-state index in [1.165, 1.54) is 11.8 Å². The van der Waals surface area contributed by atoms with Gasteiger partial charge < -0.3 is 4.90 Å². The lowest BCUT2D eigenvalue weighted by molar-refractivity contribution is -0.115. The molecule has 0 N–H and O–H groups in total. The van der Waals surface area contributed by atoms with Crippen LogP contribution in [0.3, 0.4) is 0 Å². The Balaban J connectivity index is 1.74. The normalized spacial score (nSPS) is 11.0. The Hall–Kier alpha value is -2.41. The van der Waals surface area contributed by atoms with Gasteiger partial charge in [0.1, 0.15) is 0 Å². The Bertz CT molecular complexity index is 891. The number of nitrogens with zero attached hydrogens (tertiary/aromatic N) is 5. The molecule has 0 aliphatic heterocycles. The van der Waals surface area contributed by atoms with Crippen LogP contribution in [0.1, 0.15) is 17.0 Å². The molecular weight excluding hydrogens is 322 g/mol. The molecule has 0 atom stereocenters. The van der Waals surface area contributed by atoms with Crippen molar-refractivity contribution in [3.8, 4) is 0 Å². The number of rotatable bonds is 4. The quantitative estimate of drug-likeness (QED) is 0.683. The zero-order chi connectivity index (χ0) is 17.3. The highest BCUT2D eigenvalue weighted by Gasteiger charge is 2.15. The second-order valence-corrected chi connectivity index (χ2v) is 6.53. The minimum atomic E-state index is 0.00194. The van der Waals surface area contributed by atoms with E-state index in [1.54, 1.807) is 16.5 Å². The first-order valence-electron chi connectivity index (χ1n) is 7.62. The topological polar surface area (TPSA) is 63.4 Å². The van der Waals surface area contributed by atoms with Gasteiger partial charge in [-0.15, -0.1) is 5.10 Å². The van der Waals surface area contributed by atoms with E-state index in [9.17, 15) is 4.79 Å². The maximum atomic E-state index is 12.3. The van der Waals surface area contributed by atoms with Crippen molar-refractivity contribution >= 4 is 29.1 Å². The van der Waals surface area contributed by atoms with E-state index in [4.69, 9.17) is 0 Å². The summed E-state index contributed by atoms with van der Waals surface area (Å²) in [4.78, 5) is 22.8. The minimum absolute atomic E-state index is 0.00194. The number of fused-ring (bicyclic) bond motifs is 1. The molecule has 24 heavy (non-hydrogen) atoms. The lowest BCUT2D eigenvalue weighted by Gasteiger charge is -2.16. The monoisotopic (exact) mass is 341 g/mol. The van der Waals surface area contributed by atoms with Crippen molar-refractivity contribution in [2.45, 2.75) is 25.9 Å². The van der Waals surface area contributed by atoms with Crippen LogP contribution in [-0.4, -0.2) is 38.3 Å². The average molecular weight is 341 g/mol. The van der Waals surface area contributed by atoms with Crippen LogP contribution in [0.15, 0.2) is 35.5 Å². The van der Waals surface area contributed by atoms with E-state index in [2.05, 4.69) is 15.1 Å². The molecule has 1 aromatic carbocycles. The van der Waals surface area contributed by atoms with Crippen molar-refractivity contribution in [2.24, 2.45) is 0 Å². The molecule has 0 unspecified atom stereocenters.